The molecule has 1 fully saturated rings. The number of ketones is 2. The van der Waals surface area contributed by atoms with E-state index in [0.717, 1.165) is 7.05 Å². The average molecular weight is 487 g/mol. The maximum Gasteiger partial charge on any atom is 0.280 e. The molecule has 1 saturated carbocycles. The average Bonchev–Trinajstić information content (AvgIpc) is 2.75. The zero-order valence-corrected chi connectivity index (χ0v) is 19.2. The van der Waals surface area contributed by atoms with Crippen LogP contribution < -0.4 is 10.6 Å². The number of fused-ring (bicyclic) bond motifs is 3. The number of hydrogen-bond acceptors (Lipinski definition) is 10. The second-order valence-electron chi connectivity index (χ2n) is 9.28. The van der Waals surface area contributed by atoms with Gasteiger partial charge in [0.15, 0.2) is 11.4 Å². The molecule has 186 valence electrons. The minimum absolute atomic E-state index is 0.00337. The summed E-state index contributed by atoms with van der Waals surface area (Å²) in [5, 5.41) is 53.8. The van der Waals surface area contributed by atoms with Crippen molar-refractivity contribution in [1.29, 1.82) is 0 Å². The van der Waals surface area contributed by atoms with Gasteiger partial charge in [-0.3, -0.25) is 24.4 Å². The Kier molecular flexibility index (Phi) is 5.41. The molecule has 35 heavy (non-hydrogen) atoms. The Morgan fingerprint density at radius 3 is 2.29 bits per heavy atom. The molecule has 1 aromatic carbocycles. The van der Waals surface area contributed by atoms with Gasteiger partial charge >= 0.3 is 0 Å². The van der Waals surface area contributed by atoms with Gasteiger partial charge in [-0.15, -0.1) is 0 Å². The number of phenols is 1. The SMILES string of the molecule is CN(O)C(=O)c1cc(N(C)C)c2c(c1O)C(O)=C1C(=O)[C@]3(O)C(O)=C(C(N)=O)C(=O)C[C@@H]3C[C@@H]1C2. The number of amides is 2. The van der Waals surface area contributed by atoms with E-state index in [2.05, 4.69) is 0 Å². The van der Waals surface area contributed by atoms with E-state index in [1.165, 1.54) is 6.07 Å². The van der Waals surface area contributed by atoms with Crippen molar-refractivity contribution < 1.29 is 44.8 Å². The third kappa shape index (κ3) is 3.21. The number of nitrogens with two attached hydrogens (primary N) is 1. The summed E-state index contributed by atoms with van der Waals surface area (Å²) in [5.41, 5.74) is 1.59. The van der Waals surface area contributed by atoms with E-state index in [1.54, 1.807) is 19.0 Å². The molecule has 2 amide bonds. The van der Waals surface area contributed by atoms with E-state index in [1.807, 2.05) is 0 Å². The van der Waals surface area contributed by atoms with Crippen LogP contribution in [0.3, 0.4) is 0 Å². The molecular formula is C23H25N3O9. The molecule has 0 bridgehead atoms. The lowest BCUT2D eigenvalue weighted by atomic mass is 9.59. The summed E-state index contributed by atoms with van der Waals surface area (Å²) in [6.45, 7) is 0. The number of phenolic OH excluding ortho intramolecular Hbond substituents is 1. The molecule has 12 heteroatoms. The molecule has 12 nitrogen and oxygen atoms in total. The van der Waals surface area contributed by atoms with E-state index < -0.39 is 70.1 Å². The number of aromatic hydroxyl groups is 1. The van der Waals surface area contributed by atoms with Gasteiger partial charge in [0, 0.05) is 44.7 Å². The molecule has 0 saturated heterocycles. The van der Waals surface area contributed by atoms with Crippen molar-refractivity contribution in [3.8, 4) is 5.75 Å². The molecule has 0 aliphatic heterocycles. The summed E-state index contributed by atoms with van der Waals surface area (Å²) in [7, 11) is 4.39. The lowest BCUT2D eigenvalue weighted by Crippen LogP contribution is -2.58. The monoisotopic (exact) mass is 487 g/mol. The standard InChI is InChI=1S/C23H25N3O9/c1-25(2)12-7-11(22(33)26(3)35)17(28)15-10(12)5-8-4-9-6-13(27)16(21(24)32)20(31)23(9,34)19(30)14(8)18(15)29/h7-9,28-29,31,34-35H,4-6H2,1-3H3,(H2,24,32)/t8-,9+,23+/m1/s1. The predicted octanol–water partition coefficient (Wildman–Crippen LogP) is -0.0489. The molecule has 3 atom stereocenters. The first-order valence-corrected chi connectivity index (χ1v) is 10.7. The molecule has 0 aromatic heterocycles. The Hall–Kier alpha value is -3.90. The topological polar surface area (TPSA) is 202 Å². The highest BCUT2D eigenvalue weighted by Crippen LogP contribution is 2.53. The normalized spacial score (nSPS) is 25.6. The van der Waals surface area contributed by atoms with Crippen LogP contribution in [0.1, 0.15) is 34.3 Å². The van der Waals surface area contributed by atoms with Crippen molar-refractivity contribution >= 4 is 34.8 Å². The van der Waals surface area contributed by atoms with E-state index in [0.29, 0.717) is 11.3 Å². The highest BCUT2D eigenvalue weighted by atomic mass is 16.5. The fraction of sp³-hybridized carbons (Fsp3) is 0.391. The number of Topliss-reactive ketones (excluding diaryl/α,β-unsaturated/α-hetero) is 2. The van der Waals surface area contributed by atoms with Gasteiger partial charge in [-0.2, -0.15) is 0 Å². The van der Waals surface area contributed by atoms with Crippen molar-refractivity contribution in [1.82, 2.24) is 5.06 Å². The lowest BCUT2D eigenvalue weighted by Gasteiger charge is -2.46. The van der Waals surface area contributed by atoms with Crippen molar-refractivity contribution in [3.05, 3.63) is 39.7 Å². The summed E-state index contributed by atoms with van der Waals surface area (Å²) in [4.78, 5) is 51.8. The summed E-state index contributed by atoms with van der Waals surface area (Å²) < 4.78 is 0. The fourth-order valence-corrected chi connectivity index (χ4v) is 5.41. The number of aliphatic hydroxyl groups is 3. The van der Waals surface area contributed by atoms with Crippen LogP contribution in [0.5, 0.6) is 5.75 Å². The molecule has 4 rings (SSSR count). The van der Waals surface area contributed by atoms with Crippen molar-refractivity contribution in [2.75, 3.05) is 26.0 Å². The molecule has 0 unspecified atom stereocenters. The van der Waals surface area contributed by atoms with Crippen LogP contribution in [0.4, 0.5) is 5.69 Å². The molecule has 1 aromatic rings. The third-order valence-corrected chi connectivity index (χ3v) is 7.05. The van der Waals surface area contributed by atoms with Gasteiger partial charge in [0.25, 0.3) is 11.8 Å². The van der Waals surface area contributed by atoms with Gasteiger partial charge in [-0.1, -0.05) is 0 Å². The Bertz CT molecular complexity index is 1280. The number of hydrogen-bond donors (Lipinski definition) is 6. The van der Waals surface area contributed by atoms with Crippen LogP contribution in [0, 0.1) is 11.8 Å². The Morgan fingerprint density at radius 2 is 1.74 bits per heavy atom. The Labute approximate surface area is 199 Å². The first-order chi connectivity index (χ1) is 16.2. The van der Waals surface area contributed by atoms with Gasteiger partial charge in [0.05, 0.1) is 11.1 Å². The smallest absolute Gasteiger partial charge is 0.280 e. The van der Waals surface area contributed by atoms with Crippen molar-refractivity contribution in [2.45, 2.75) is 24.9 Å². The molecule has 3 aliphatic rings. The minimum atomic E-state index is -2.67. The number of carbonyl (C=O) groups is 4. The number of anilines is 1. The van der Waals surface area contributed by atoms with Gasteiger partial charge in [-0.25, -0.2) is 5.06 Å². The maximum atomic E-state index is 13.5. The highest BCUT2D eigenvalue weighted by Gasteiger charge is 2.60. The van der Waals surface area contributed by atoms with Crippen LogP contribution in [-0.4, -0.2) is 80.8 Å². The minimum Gasteiger partial charge on any atom is -0.508 e. The highest BCUT2D eigenvalue weighted by molar-refractivity contribution is 6.22. The summed E-state index contributed by atoms with van der Waals surface area (Å²) in [6, 6.07) is 1.35. The molecule has 7 N–H and O–H groups in total. The number of hydroxylamine groups is 2. The van der Waals surface area contributed by atoms with E-state index in [9.17, 15) is 44.8 Å². The van der Waals surface area contributed by atoms with Gasteiger partial charge in [0.1, 0.15) is 22.8 Å². The first-order valence-electron chi connectivity index (χ1n) is 10.7. The van der Waals surface area contributed by atoms with Crippen molar-refractivity contribution in [2.24, 2.45) is 17.6 Å². The number of carbonyl (C=O) groups excluding carboxylic acids is 4. The number of benzene rings is 1. The van der Waals surface area contributed by atoms with Crippen LogP contribution in [0.15, 0.2) is 23.0 Å². The van der Waals surface area contributed by atoms with Gasteiger partial charge in [0.2, 0.25) is 5.78 Å². The second kappa shape index (κ2) is 7.82. The summed E-state index contributed by atoms with van der Waals surface area (Å²) >= 11 is 0. The fourth-order valence-electron chi connectivity index (χ4n) is 5.41. The van der Waals surface area contributed by atoms with Gasteiger partial charge < -0.3 is 31.1 Å². The number of nitrogens with zero attached hydrogens (tertiary/aromatic N) is 2. The largest absolute Gasteiger partial charge is 0.508 e. The number of aliphatic hydroxyl groups excluding tert-OH is 2. The maximum absolute atomic E-state index is 13.5. The van der Waals surface area contributed by atoms with Crippen LogP contribution in [0.25, 0.3) is 5.76 Å². The zero-order chi connectivity index (χ0) is 26.1. The second-order valence-corrected chi connectivity index (χ2v) is 9.28. The summed E-state index contributed by atoms with van der Waals surface area (Å²) in [5.74, 6) is -8.53. The van der Waals surface area contributed by atoms with Crippen molar-refractivity contribution in [3.63, 3.8) is 0 Å². The lowest BCUT2D eigenvalue weighted by molar-refractivity contribution is -0.147. The molecular weight excluding hydrogens is 462 g/mol. The Balaban J connectivity index is 1.99. The zero-order valence-electron chi connectivity index (χ0n) is 19.2. The number of rotatable bonds is 3. The van der Waals surface area contributed by atoms with Crippen LogP contribution in [-0.2, 0) is 20.8 Å². The van der Waals surface area contributed by atoms with Crippen LogP contribution in [0.2, 0.25) is 0 Å². The van der Waals surface area contributed by atoms with E-state index >= 15 is 0 Å². The van der Waals surface area contributed by atoms with Gasteiger partial charge in [-0.05, 0) is 30.4 Å². The molecule has 0 spiro atoms. The summed E-state index contributed by atoms with van der Waals surface area (Å²) in [6.07, 6.45) is -0.320. The molecule has 0 radical (unpaired) electrons. The van der Waals surface area contributed by atoms with E-state index in [-0.39, 0.29) is 34.6 Å². The first kappa shape index (κ1) is 24.2. The number of primary amides is 1. The Morgan fingerprint density at radius 1 is 1.11 bits per heavy atom. The molecule has 0 heterocycles. The predicted molar refractivity (Wildman–Crippen MR) is 120 cm³/mol. The molecule has 3 aliphatic carbocycles. The van der Waals surface area contributed by atoms with Crippen LogP contribution >= 0.6 is 0 Å². The quantitative estimate of drug-likeness (QED) is 0.191. The van der Waals surface area contributed by atoms with E-state index in [4.69, 9.17) is 5.73 Å². The third-order valence-electron chi connectivity index (χ3n) is 7.05.